The van der Waals surface area contributed by atoms with E-state index in [1.54, 1.807) is 6.92 Å². The molecule has 0 bridgehead atoms. The molecule has 1 amide bonds. The third-order valence-electron chi connectivity index (χ3n) is 1.04. The molecule has 0 aromatic carbocycles. The summed E-state index contributed by atoms with van der Waals surface area (Å²) >= 11 is 5.62. The molecule has 0 fully saturated rings. The smallest absolute Gasteiger partial charge is 0.234 e. The van der Waals surface area contributed by atoms with Gasteiger partial charge in [-0.25, -0.2) is 0 Å². The highest BCUT2D eigenvalue weighted by Gasteiger charge is 2.10. The van der Waals surface area contributed by atoms with Crippen LogP contribution in [0.25, 0.3) is 0 Å². The van der Waals surface area contributed by atoms with Gasteiger partial charge in [-0.1, -0.05) is 0 Å². The maximum absolute atomic E-state index is 10.5. The molecule has 0 saturated carbocycles. The molecule has 60 valence electrons. The van der Waals surface area contributed by atoms with Crippen LogP contribution in [0.2, 0.25) is 0 Å². The summed E-state index contributed by atoms with van der Waals surface area (Å²) in [6.07, 6.45) is 1.90. The molecule has 0 aliphatic rings. The molecule has 0 rings (SSSR count). The first-order valence-corrected chi connectivity index (χ1v) is 4.64. The van der Waals surface area contributed by atoms with Crippen LogP contribution in [0.4, 0.5) is 0 Å². The molecular formula is C5H12N2OS2. The van der Waals surface area contributed by atoms with Crippen LogP contribution in [0.15, 0.2) is 0 Å². The maximum Gasteiger partial charge on any atom is 0.234 e. The van der Waals surface area contributed by atoms with Gasteiger partial charge in [-0.05, 0) is 13.2 Å². The average molecular weight is 180 g/mol. The summed E-state index contributed by atoms with van der Waals surface area (Å²) < 4.78 is -0.0255. The summed E-state index contributed by atoms with van der Waals surface area (Å²) in [5.41, 5.74) is 4.99. The zero-order valence-corrected chi connectivity index (χ0v) is 7.71. The highest BCUT2D eigenvalue weighted by atomic mass is 32.2. The fourth-order valence-electron chi connectivity index (χ4n) is 0.364. The van der Waals surface area contributed by atoms with Gasteiger partial charge in [0.1, 0.15) is 0 Å². The van der Waals surface area contributed by atoms with Crippen LogP contribution in [0.5, 0.6) is 0 Å². The number of rotatable bonds is 4. The van der Waals surface area contributed by atoms with Gasteiger partial charge >= 0.3 is 0 Å². The first kappa shape index (κ1) is 10.1. The Bertz CT molecular complexity index is 120. The Balaban J connectivity index is 3.56. The SMILES string of the molecule is CSC(S)N[C@H](C)C(N)=O. The Labute approximate surface area is 70.5 Å². The number of amides is 1. The fourth-order valence-corrected chi connectivity index (χ4v) is 0.928. The molecule has 2 atom stereocenters. The van der Waals surface area contributed by atoms with Crippen molar-refractivity contribution in [3.8, 4) is 0 Å². The molecule has 0 aromatic heterocycles. The van der Waals surface area contributed by atoms with Crippen LogP contribution < -0.4 is 11.1 Å². The van der Waals surface area contributed by atoms with Crippen molar-refractivity contribution in [3.63, 3.8) is 0 Å². The van der Waals surface area contributed by atoms with Crippen LogP contribution in [0, 0.1) is 0 Å². The molecule has 0 heterocycles. The summed E-state index contributed by atoms with van der Waals surface area (Å²) in [5, 5.41) is 2.88. The van der Waals surface area contributed by atoms with E-state index in [-0.39, 0.29) is 16.7 Å². The maximum atomic E-state index is 10.5. The molecule has 5 heteroatoms. The molecule has 0 radical (unpaired) electrons. The van der Waals surface area contributed by atoms with E-state index >= 15 is 0 Å². The van der Waals surface area contributed by atoms with E-state index in [4.69, 9.17) is 5.73 Å². The number of thiol groups is 1. The van der Waals surface area contributed by atoms with Gasteiger partial charge < -0.3 is 5.73 Å². The lowest BCUT2D eigenvalue weighted by Crippen LogP contribution is -2.41. The number of carbonyl (C=O) groups is 1. The topological polar surface area (TPSA) is 55.1 Å². The first-order chi connectivity index (χ1) is 4.57. The van der Waals surface area contributed by atoms with Gasteiger partial charge in [0.2, 0.25) is 5.91 Å². The Kier molecular flexibility index (Phi) is 4.93. The third kappa shape index (κ3) is 4.03. The predicted molar refractivity (Wildman–Crippen MR) is 48.1 cm³/mol. The molecule has 0 aliphatic heterocycles. The molecule has 1 unspecified atom stereocenters. The number of hydrogen-bond donors (Lipinski definition) is 3. The quantitative estimate of drug-likeness (QED) is 0.422. The summed E-state index contributed by atoms with van der Waals surface area (Å²) in [6.45, 7) is 1.71. The minimum atomic E-state index is -0.354. The lowest BCUT2D eigenvalue weighted by atomic mass is 10.3. The van der Waals surface area contributed by atoms with Gasteiger partial charge in [-0.3, -0.25) is 10.1 Å². The van der Waals surface area contributed by atoms with Crippen LogP contribution in [-0.2, 0) is 4.79 Å². The molecule has 0 aromatic rings. The number of nitrogens with two attached hydrogens (primary N) is 1. The zero-order chi connectivity index (χ0) is 8.15. The van der Waals surface area contributed by atoms with E-state index in [2.05, 4.69) is 17.9 Å². The van der Waals surface area contributed by atoms with Gasteiger partial charge in [-0.15, -0.1) is 24.4 Å². The van der Waals surface area contributed by atoms with Crippen molar-refractivity contribution in [2.75, 3.05) is 6.26 Å². The van der Waals surface area contributed by atoms with Crippen molar-refractivity contribution in [2.45, 2.75) is 17.7 Å². The van der Waals surface area contributed by atoms with Crippen LogP contribution >= 0.6 is 24.4 Å². The van der Waals surface area contributed by atoms with Gasteiger partial charge in [0.05, 0.1) is 10.7 Å². The minimum Gasteiger partial charge on any atom is -0.368 e. The van der Waals surface area contributed by atoms with Crippen LogP contribution in [0.3, 0.4) is 0 Å². The van der Waals surface area contributed by atoms with Crippen molar-refractivity contribution < 1.29 is 4.79 Å². The molecule has 0 saturated heterocycles. The minimum absolute atomic E-state index is 0.0255. The number of primary amides is 1. The largest absolute Gasteiger partial charge is 0.368 e. The highest BCUT2D eigenvalue weighted by molar-refractivity contribution is 8.09. The van der Waals surface area contributed by atoms with Crippen LogP contribution in [-0.4, -0.2) is 22.9 Å². The number of thioether (sulfide) groups is 1. The van der Waals surface area contributed by atoms with Gasteiger partial charge in [-0.2, -0.15) is 0 Å². The molecule has 10 heavy (non-hydrogen) atoms. The molecular weight excluding hydrogens is 168 g/mol. The van der Waals surface area contributed by atoms with E-state index < -0.39 is 0 Å². The Hall–Kier alpha value is 0.130. The second kappa shape index (κ2) is 4.87. The zero-order valence-electron chi connectivity index (χ0n) is 6.00. The van der Waals surface area contributed by atoms with E-state index in [1.165, 1.54) is 11.8 Å². The lowest BCUT2D eigenvalue weighted by molar-refractivity contribution is -0.119. The summed E-state index contributed by atoms with van der Waals surface area (Å²) in [6, 6.07) is -0.310. The van der Waals surface area contributed by atoms with Crippen molar-refractivity contribution in [1.29, 1.82) is 0 Å². The molecule has 0 spiro atoms. The van der Waals surface area contributed by atoms with Crippen LogP contribution in [0.1, 0.15) is 6.92 Å². The van der Waals surface area contributed by atoms with E-state index in [0.29, 0.717) is 0 Å². The van der Waals surface area contributed by atoms with E-state index in [1.807, 2.05) is 6.26 Å². The number of nitrogens with one attached hydrogen (secondary N) is 1. The second-order valence-corrected chi connectivity index (χ2v) is 3.69. The van der Waals surface area contributed by atoms with Crippen molar-refractivity contribution in [2.24, 2.45) is 5.73 Å². The van der Waals surface area contributed by atoms with Crippen molar-refractivity contribution in [3.05, 3.63) is 0 Å². The van der Waals surface area contributed by atoms with E-state index in [0.717, 1.165) is 0 Å². The first-order valence-electron chi connectivity index (χ1n) is 2.84. The lowest BCUT2D eigenvalue weighted by Gasteiger charge is -2.13. The predicted octanol–water partition coefficient (Wildman–Crippen LogP) is 0.0262. The van der Waals surface area contributed by atoms with Crippen molar-refractivity contribution in [1.82, 2.24) is 5.32 Å². The second-order valence-electron chi connectivity index (χ2n) is 1.88. The van der Waals surface area contributed by atoms with Gasteiger partial charge in [0, 0.05) is 0 Å². The summed E-state index contributed by atoms with van der Waals surface area (Å²) in [4.78, 5) is 10.5. The summed E-state index contributed by atoms with van der Waals surface area (Å²) in [5.74, 6) is -0.354. The highest BCUT2D eigenvalue weighted by Crippen LogP contribution is 2.06. The Morgan fingerprint density at radius 3 is 2.60 bits per heavy atom. The molecule has 0 aliphatic carbocycles. The van der Waals surface area contributed by atoms with Gasteiger partial charge in [0.15, 0.2) is 0 Å². The molecule has 3 nitrogen and oxygen atoms in total. The average Bonchev–Trinajstić information content (AvgIpc) is 1.87. The Morgan fingerprint density at radius 2 is 2.30 bits per heavy atom. The van der Waals surface area contributed by atoms with E-state index in [9.17, 15) is 4.79 Å². The standard InChI is InChI=1S/C5H12N2OS2/c1-3(4(6)8)7-5(9)10-2/h3,5,7,9H,1-2H3,(H2,6,8)/t3-,5?/m1/s1. The number of hydrogen-bond acceptors (Lipinski definition) is 4. The fraction of sp³-hybridized carbons (Fsp3) is 0.800. The van der Waals surface area contributed by atoms with Gasteiger partial charge in [0.25, 0.3) is 0 Å². The summed E-state index contributed by atoms with van der Waals surface area (Å²) in [7, 11) is 0. The van der Waals surface area contributed by atoms with Crippen molar-refractivity contribution >= 4 is 30.3 Å². The Morgan fingerprint density at radius 1 is 1.80 bits per heavy atom. The third-order valence-corrected chi connectivity index (χ3v) is 2.41. The monoisotopic (exact) mass is 180 g/mol. The number of carbonyl (C=O) groups excluding carboxylic acids is 1. The normalized spacial score (nSPS) is 16.3. The molecule has 3 N–H and O–H groups in total.